The maximum Gasteiger partial charge on any atom is 0.360 e. The third-order valence-electron chi connectivity index (χ3n) is 2.72. The molecule has 5 heteroatoms. The Balaban J connectivity index is 2.05. The number of nitrogens with zero attached hydrogens (tertiary/aromatic N) is 1. The Kier molecular flexibility index (Phi) is 4.84. The van der Waals surface area contributed by atoms with Crippen molar-refractivity contribution in [2.24, 2.45) is 0 Å². The van der Waals surface area contributed by atoms with E-state index in [0.29, 0.717) is 17.7 Å². The van der Waals surface area contributed by atoms with Crippen LogP contribution in [-0.2, 0) is 4.74 Å². The molecule has 0 unspecified atom stereocenters. The van der Waals surface area contributed by atoms with Crippen LogP contribution in [0.1, 0.15) is 42.7 Å². The van der Waals surface area contributed by atoms with Gasteiger partial charge in [-0.1, -0.05) is 26.0 Å². The molecular weight excluding hydrogens is 274 g/mol. The molecule has 2 aromatic rings. The predicted molar refractivity (Wildman–Crippen MR) is 77.1 cm³/mol. The minimum atomic E-state index is -0.460. The first-order chi connectivity index (χ1) is 9.60. The Labute approximate surface area is 122 Å². The minimum Gasteiger partial charge on any atom is -0.461 e. The average Bonchev–Trinajstić information content (AvgIpc) is 2.88. The average molecular weight is 291 g/mol. The van der Waals surface area contributed by atoms with Gasteiger partial charge in [0, 0.05) is 4.90 Å². The van der Waals surface area contributed by atoms with E-state index in [2.05, 4.69) is 31.0 Å². The highest BCUT2D eigenvalue weighted by molar-refractivity contribution is 7.99. The molecule has 0 fully saturated rings. The van der Waals surface area contributed by atoms with E-state index in [9.17, 15) is 4.79 Å². The Morgan fingerprint density at radius 1 is 1.35 bits per heavy atom. The van der Waals surface area contributed by atoms with Crippen LogP contribution in [0.2, 0.25) is 0 Å². The van der Waals surface area contributed by atoms with Gasteiger partial charge in [0.05, 0.1) is 6.61 Å². The van der Waals surface area contributed by atoms with Gasteiger partial charge in [0.1, 0.15) is 6.26 Å². The van der Waals surface area contributed by atoms with Crippen LogP contribution in [0.3, 0.4) is 0 Å². The molecule has 0 aliphatic carbocycles. The second kappa shape index (κ2) is 6.61. The zero-order chi connectivity index (χ0) is 14.5. The number of hydrogen-bond acceptors (Lipinski definition) is 5. The maximum atomic E-state index is 11.5. The summed E-state index contributed by atoms with van der Waals surface area (Å²) in [6, 6.07) is 8.22. The maximum absolute atomic E-state index is 11.5. The molecule has 2 rings (SSSR count). The summed E-state index contributed by atoms with van der Waals surface area (Å²) in [5.74, 6) is 0.0458. The molecule has 1 heterocycles. The summed E-state index contributed by atoms with van der Waals surface area (Å²) in [4.78, 5) is 16.6. The number of rotatable bonds is 5. The highest BCUT2D eigenvalue weighted by Gasteiger charge is 2.13. The summed E-state index contributed by atoms with van der Waals surface area (Å²) in [6.07, 6.45) is 1.32. The Morgan fingerprint density at radius 2 is 2.05 bits per heavy atom. The molecule has 1 aromatic heterocycles. The largest absolute Gasteiger partial charge is 0.461 e. The number of aromatic nitrogens is 1. The highest BCUT2D eigenvalue weighted by Crippen LogP contribution is 2.28. The van der Waals surface area contributed by atoms with Crippen LogP contribution >= 0.6 is 11.8 Å². The lowest BCUT2D eigenvalue weighted by molar-refractivity contribution is 0.0519. The van der Waals surface area contributed by atoms with Crippen LogP contribution in [0.25, 0.3) is 0 Å². The van der Waals surface area contributed by atoms with Crippen molar-refractivity contribution < 1.29 is 13.9 Å². The van der Waals surface area contributed by atoms with Gasteiger partial charge in [0.2, 0.25) is 0 Å². The molecule has 0 saturated carbocycles. The van der Waals surface area contributed by atoms with Crippen LogP contribution < -0.4 is 0 Å². The summed E-state index contributed by atoms with van der Waals surface area (Å²) >= 11 is 1.38. The lowest BCUT2D eigenvalue weighted by Gasteiger charge is -2.05. The first kappa shape index (κ1) is 14.7. The lowest BCUT2D eigenvalue weighted by atomic mass is 10.0. The fourth-order valence-electron chi connectivity index (χ4n) is 1.62. The van der Waals surface area contributed by atoms with Crippen LogP contribution in [-0.4, -0.2) is 17.6 Å². The molecule has 0 N–H and O–H groups in total. The number of oxazole rings is 1. The fraction of sp³-hybridized carbons (Fsp3) is 0.333. The van der Waals surface area contributed by atoms with E-state index < -0.39 is 5.97 Å². The second-order valence-corrected chi connectivity index (χ2v) is 5.57. The molecule has 20 heavy (non-hydrogen) atoms. The van der Waals surface area contributed by atoms with Gasteiger partial charge in [-0.3, -0.25) is 0 Å². The molecule has 0 spiro atoms. The molecule has 0 saturated heterocycles. The number of carbonyl (C=O) groups excluding carboxylic acids is 1. The smallest absolute Gasteiger partial charge is 0.360 e. The van der Waals surface area contributed by atoms with Crippen molar-refractivity contribution in [2.45, 2.75) is 36.8 Å². The Hall–Kier alpha value is -1.75. The minimum absolute atomic E-state index is 0.202. The van der Waals surface area contributed by atoms with E-state index >= 15 is 0 Å². The van der Waals surface area contributed by atoms with Crippen LogP contribution in [0.5, 0.6) is 0 Å². The van der Waals surface area contributed by atoms with Crippen LogP contribution in [0.4, 0.5) is 0 Å². The lowest BCUT2D eigenvalue weighted by Crippen LogP contribution is -2.04. The molecule has 0 aliphatic heterocycles. The van der Waals surface area contributed by atoms with Crippen molar-refractivity contribution in [2.75, 3.05) is 6.61 Å². The van der Waals surface area contributed by atoms with Gasteiger partial charge in [-0.15, -0.1) is 0 Å². The molecular formula is C15H17NO3S. The van der Waals surface area contributed by atoms with Crippen molar-refractivity contribution in [1.82, 2.24) is 4.98 Å². The Bertz CT molecular complexity index is 575. The third kappa shape index (κ3) is 3.63. The van der Waals surface area contributed by atoms with E-state index in [0.717, 1.165) is 4.90 Å². The number of ether oxygens (including phenoxy) is 1. The number of hydrogen-bond donors (Lipinski definition) is 0. The molecule has 1 aromatic carbocycles. The first-order valence-electron chi connectivity index (χ1n) is 6.50. The summed E-state index contributed by atoms with van der Waals surface area (Å²) in [5.41, 5.74) is 1.49. The van der Waals surface area contributed by atoms with Gasteiger partial charge in [0.15, 0.2) is 5.69 Å². The van der Waals surface area contributed by atoms with Crippen molar-refractivity contribution in [3.8, 4) is 0 Å². The highest BCUT2D eigenvalue weighted by atomic mass is 32.2. The van der Waals surface area contributed by atoms with Gasteiger partial charge < -0.3 is 9.15 Å². The SMILES string of the molecule is CCOC(=O)c1coc(Sc2ccc(C(C)C)cc2)n1. The standard InChI is InChI=1S/C15H17NO3S/c1-4-18-14(17)13-9-19-15(16-13)20-12-7-5-11(6-8-12)10(2)3/h5-10H,4H2,1-3H3. The number of esters is 1. The predicted octanol–water partition coefficient (Wildman–Crippen LogP) is 4.13. The molecule has 0 bridgehead atoms. The monoisotopic (exact) mass is 291 g/mol. The van der Waals surface area contributed by atoms with Crippen molar-refractivity contribution >= 4 is 17.7 Å². The van der Waals surface area contributed by atoms with E-state index in [1.54, 1.807) is 6.92 Å². The molecule has 4 nitrogen and oxygen atoms in total. The van der Waals surface area contributed by atoms with E-state index in [1.807, 2.05) is 12.1 Å². The first-order valence-corrected chi connectivity index (χ1v) is 7.32. The molecule has 0 amide bonds. The zero-order valence-electron chi connectivity index (χ0n) is 11.8. The number of benzene rings is 1. The van der Waals surface area contributed by atoms with Crippen molar-refractivity contribution in [1.29, 1.82) is 0 Å². The molecule has 0 aliphatic rings. The summed E-state index contributed by atoms with van der Waals surface area (Å²) in [7, 11) is 0. The van der Waals surface area contributed by atoms with Gasteiger partial charge >= 0.3 is 5.97 Å². The van der Waals surface area contributed by atoms with Gasteiger partial charge in [-0.2, -0.15) is 4.98 Å². The topological polar surface area (TPSA) is 52.3 Å². The summed E-state index contributed by atoms with van der Waals surface area (Å²) in [6.45, 7) is 6.39. The van der Waals surface area contributed by atoms with Gasteiger partial charge in [-0.25, -0.2) is 4.79 Å². The normalized spacial score (nSPS) is 10.8. The van der Waals surface area contributed by atoms with Crippen molar-refractivity contribution in [3.05, 3.63) is 41.8 Å². The second-order valence-electron chi connectivity index (χ2n) is 4.54. The van der Waals surface area contributed by atoms with E-state index in [1.165, 1.54) is 23.6 Å². The van der Waals surface area contributed by atoms with Gasteiger partial charge in [0.25, 0.3) is 5.22 Å². The zero-order valence-corrected chi connectivity index (χ0v) is 12.6. The quantitative estimate of drug-likeness (QED) is 0.775. The van der Waals surface area contributed by atoms with E-state index in [4.69, 9.17) is 9.15 Å². The molecule has 0 radical (unpaired) electrons. The fourth-order valence-corrected chi connectivity index (χ4v) is 2.34. The van der Waals surface area contributed by atoms with Gasteiger partial charge in [-0.05, 0) is 42.3 Å². The van der Waals surface area contributed by atoms with Crippen molar-refractivity contribution in [3.63, 3.8) is 0 Å². The summed E-state index contributed by atoms with van der Waals surface area (Å²) < 4.78 is 10.1. The third-order valence-corrected chi connectivity index (χ3v) is 3.59. The summed E-state index contributed by atoms with van der Waals surface area (Å²) in [5, 5.41) is 0.436. The molecule has 106 valence electrons. The molecule has 0 atom stereocenters. The number of carbonyl (C=O) groups is 1. The van der Waals surface area contributed by atoms with E-state index in [-0.39, 0.29) is 5.69 Å². The van der Waals surface area contributed by atoms with Crippen LogP contribution in [0, 0.1) is 0 Å². The Morgan fingerprint density at radius 3 is 2.65 bits per heavy atom. The van der Waals surface area contributed by atoms with Crippen LogP contribution in [0.15, 0.2) is 45.1 Å².